The summed E-state index contributed by atoms with van der Waals surface area (Å²) in [4.78, 5) is 23.2. The highest BCUT2D eigenvalue weighted by Gasteiger charge is 2.36. The molecule has 6 nitrogen and oxygen atoms in total. The molecule has 0 aliphatic carbocycles. The van der Waals surface area contributed by atoms with E-state index in [1.165, 1.54) is 0 Å². The van der Waals surface area contributed by atoms with Gasteiger partial charge in [-0.1, -0.05) is 43.9 Å². The van der Waals surface area contributed by atoms with Crippen molar-refractivity contribution >= 4 is 14.0 Å². The lowest BCUT2D eigenvalue weighted by atomic mass is 9.99. The number of hydrogen-bond acceptors (Lipinski definition) is 4. The summed E-state index contributed by atoms with van der Waals surface area (Å²) in [5.41, 5.74) is -1.79. The van der Waals surface area contributed by atoms with E-state index in [0.29, 0.717) is 28.5 Å². The van der Waals surface area contributed by atoms with Crippen LogP contribution in [0.4, 0.5) is 13.2 Å². The molecule has 0 radical (unpaired) electrons. The van der Waals surface area contributed by atoms with Crippen LogP contribution in [-0.4, -0.2) is 35.5 Å². The van der Waals surface area contributed by atoms with Crippen molar-refractivity contribution < 1.29 is 27.8 Å². The predicted molar refractivity (Wildman–Crippen MR) is 109 cm³/mol. The second kappa shape index (κ2) is 9.56. The third kappa shape index (κ3) is 6.80. The second-order valence-corrected chi connectivity index (χ2v) is 13.8. The molecule has 1 heterocycles. The first-order chi connectivity index (χ1) is 13.9. The van der Waals surface area contributed by atoms with Crippen LogP contribution < -0.4 is 5.56 Å². The summed E-state index contributed by atoms with van der Waals surface area (Å²) in [5.74, 6) is -1.02. The predicted octanol–water partition coefficient (Wildman–Crippen LogP) is 4.26. The van der Waals surface area contributed by atoms with E-state index in [4.69, 9.17) is 9.84 Å². The fourth-order valence-corrected chi connectivity index (χ4v) is 3.48. The molecule has 0 saturated heterocycles. The molecule has 10 heteroatoms. The van der Waals surface area contributed by atoms with Gasteiger partial charge in [0.25, 0.3) is 5.56 Å². The normalized spacial score (nSPS) is 12.2. The van der Waals surface area contributed by atoms with Crippen molar-refractivity contribution in [3.63, 3.8) is 0 Å². The highest BCUT2D eigenvalue weighted by molar-refractivity contribution is 6.76. The van der Waals surface area contributed by atoms with Crippen LogP contribution in [0.25, 0.3) is 11.3 Å². The van der Waals surface area contributed by atoms with E-state index in [0.717, 1.165) is 6.04 Å². The fraction of sp³-hybridized carbons (Fsp3) is 0.450. The number of benzene rings is 1. The minimum atomic E-state index is -4.86. The Labute approximate surface area is 173 Å². The van der Waals surface area contributed by atoms with Gasteiger partial charge >= 0.3 is 12.1 Å². The van der Waals surface area contributed by atoms with E-state index in [-0.39, 0.29) is 18.5 Å². The van der Waals surface area contributed by atoms with E-state index >= 15 is 0 Å². The number of carboxylic acids is 1. The number of rotatable bonds is 9. The Hall–Kier alpha value is -2.46. The third-order valence-corrected chi connectivity index (χ3v) is 6.10. The third-order valence-electron chi connectivity index (χ3n) is 4.39. The average Bonchev–Trinajstić information content (AvgIpc) is 2.63. The van der Waals surface area contributed by atoms with Crippen molar-refractivity contribution in [1.29, 1.82) is 0 Å². The molecule has 2 aromatic rings. The molecule has 0 aliphatic heterocycles. The lowest BCUT2D eigenvalue weighted by molar-refractivity contribution is -0.139. The van der Waals surface area contributed by atoms with Crippen molar-refractivity contribution in [2.75, 3.05) is 6.61 Å². The van der Waals surface area contributed by atoms with Crippen molar-refractivity contribution in [3.8, 4) is 11.3 Å². The Kier molecular flexibility index (Phi) is 7.59. The molecule has 1 aromatic carbocycles. The van der Waals surface area contributed by atoms with Crippen LogP contribution in [0.3, 0.4) is 0 Å². The molecule has 0 saturated carbocycles. The molecular weight excluding hydrogens is 417 g/mol. The van der Waals surface area contributed by atoms with Crippen LogP contribution >= 0.6 is 0 Å². The summed E-state index contributed by atoms with van der Waals surface area (Å²) in [7, 11) is -1.40. The number of nitrogens with zero attached hydrogens (tertiary/aromatic N) is 2. The molecule has 0 unspecified atom stereocenters. The van der Waals surface area contributed by atoms with E-state index in [9.17, 15) is 22.8 Å². The Morgan fingerprint density at radius 3 is 2.50 bits per heavy atom. The number of aromatic nitrogens is 2. The highest BCUT2D eigenvalue weighted by atomic mass is 28.3. The van der Waals surface area contributed by atoms with E-state index < -0.39 is 38.1 Å². The van der Waals surface area contributed by atoms with Gasteiger partial charge in [-0.2, -0.15) is 18.3 Å². The minimum Gasteiger partial charge on any atom is -0.481 e. The number of alkyl halides is 3. The summed E-state index contributed by atoms with van der Waals surface area (Å²) in [6.07, 6.45) is -4.91. The second-order valence-electron chi connectivity index (χ2n) is 8.14. The molecule has 0 bridgehead atoms. The number of carbonyl (C=O) groups is 1. The summed E-state index contributed by atoms with van der Waals surface area (Å²) in [6, 6.07) is 7.98. The van der Waals surface area contributed by atoms with Crippen molar-refractivity contribution in [3.05, 3.63) is 51.8 Å². The van der Waals surface area contributed by atoms with Gasteiger partial charge in [0, 0.05) is 26.7 Å². The molecule has 30 heavy (non-hydrogen) atoms. The Balaban J connectivity index is 2.44. The quantitative estimate of drug-likeness (QED) is 0.464. The molecular formula is C20H25F3N2O4Si. The number of hydrogen-bond donors (Lipinski definition) is 1. The zero-order chi connectivity index (χ0) is 22.5. The highest BCUT2D eigenvalue weighted by Crippen LogP contribution is 2.30. The molecule has 0 fully saturated rings. The van der Waals surface area contributed by atoms with Gasteiger partial charge in [0.2, 0.25) is 0 Å². The Bertz CT molecular complexity index is 952. The fourth-order valence-electron chi connectivity index (χ4n) is 2.72. The SMILES string of the molecule is C[Si](C)(C)CCOCn1nc(-c2ccccc2CCC(=O)O)cc(C(F)(F)F)c1=O. The molecule has 2 rings (SSSR count). The Morgan fingerprint density at radius 1 is 1.23 bits per heavy atom. The van der Waals surface area contributed by atoms with Gasteiger partial charge in [-0.3, -0.25) is 9.59 Å². The first-order valence-corrected chi connectivity index (χ1v) is 13.2. The van der Waals surface area contributed by atoms with Gasteiger partial charge in [0.1, 0.15) is 12.3 Å². The van der Waals surface area contributed by atoms with Crippen LogP contribution in [0, 0.1) is 0 Å². The Morgan fingerprint density at radius 2 is 1.90 bits per heavy atom. The van der Waals surface area contributed by atoms with Crippen LogP contribution in [0.1, 0.15) is 17.5 Å². The average molecular weight is 443 g/mol. The number of aliphatic carboxylic acids is 1. The van der Waals surface area contributed by atoms with Crippen molar-refractivity contribution in [2.45, 2.75) is 51.4 Å². The number of ether oxygens (including phenoxy) is 1. The summed E-state index contributed by atoms with van der Waals surface area (Å²) in [6.45, 7) is 6.34. The topological polar surface area (TPSA) is 81.4 Å². The first kappa shape index (κ1) is 23.8. The van der Waals surface area contributed by atoms with Gasteiger partial charge < -0.3 is 9.84 Å². The van der Waals surface area contributed by atoms with E-state index in [2.05, 4.69) is 24.7 Å². The van der Waals surface area contributed by atoms with Gasteiger partial charge in [-0.25, -0.2) is 4.68 Å². The smallest absolute Gasteiger partial charge is 0.421 e. The van der Waals surface area contributed by atoms with Gasteiger partial charge in [-0.05, 0) is 24.1 Å². The summed E-state index contributed by atoms with van der Waals surface area (Å²) >= 11 is 0. The molecule has 1 N–H and O–H groups in total. The molecule has 0 atom stereocenters. The van der Waals surface area contributed by atoms with Crippen LogP contribution in [0.5, 0.6) is 0 Å². The largest absolute Gasteiger partial charge is 0.481 e. The monoisotopic (exact) mass is 442 g/mol. The first-order valence-electron chi connectivity index (χ1n) is 9.45. The number of aryl methyl sites for hydroxylation is 1. The molecule has 0 aliphatic rings. The van der Waals surface area contributed by atoms with Crippen LogP contribution in [0.2, 0.25) is 25.7 Å². The van der Waals surface area contributed by atoms with Crippen molar-refractivity contribution in [2.24, 2.45) is 0 Å². The van der Waals surface area contributed by atoms with Crippen molar-refractivity contribution in [1.82, 2.24) is 9.78 Å². The molecule has 0 spiro atoms. The molecule has 0 amide bonds. The number of carboxylic acid groups (broad SMARTS) is 1. The maximum absolute atomic E-state index is 13.5. The summed E-state index contributed by atoms with van der Waals surface area (Å²) < 4.78 is 46.5. The van der Waals surface area contributed by atoms with E-state index in [1.807, 2.05) is 0 Å². The maximum atomic E-state index is 13.5. The van der Waals surface area contributed by atoms with Crippen LogP contribution in [0.15, 0.2) is 35.1 Å². The zero-order valence-electron chi connectivity index (χ0n) is 17.1. The van der Waals surface area contributed by atoms with Gasteiger partial charge in [-0.15, -0.1) is 0 Å². The van der Waals surface area contributed by atoms with E-state index in [1.54, 1.807) is 24.3 Å². The van der Waals surface area contributed by atoms with Crippen LogP contribution in [-0.2, 0) is 28.9 Å². The standard InChI is InChI=1S/C20H25F3N2O4Si/c1-30(2,3)11-10-29-13-25-19(28)16(20(21,22)23)12-17(24-25)15-7-5-4-6-14(15)8-9-18(26)27/h4-7,12H,8-11,13H2,1-3H3,(H,26,27). The number of halogens is 3. The lowest BCUT2D eigenvalue weighted by Gasteiger charge is -2.17. The maximum Gasteiger partial charge on any atom is 0.421 e. The molecule has 164 valence electrons. The van der Waals surface area contributed by atoms with Gasteiger partial charge in [0.05, 0.1) is 5.69 Å². The molecule has 1 aromatic heterocycles. The lowest BCUT2D eigenvalue weighted by Crippen LogP contribution is -2.32. The minimum absolute atomic E-state index is 0.0586. The van der Waals surface area contributed by atoms with Gasteiger partial charge in [0.15, 0.2) is 0 Å². The zero-order valence-corrected chi connectivity index (χ0v) is 18.1. The summed E-state index contributed by atoms with van der Waals surface area (Å²) in [5, 5.41) is 13.0.